The molecule has 0 amide bonds. The van der Waals surface area contributed by atoms with E-state index in [4.69, 9.17) is 11.6 Å². The topological polar surface area (TPSA) is 75.7 Å². The van der Waals surface area contributed by atoms with E-state index in [2.05, 4.69) is 20.9 Å². The smallest absolute Gasteiger partial charge is 0.271 e. The first kappa shape index (κ1) is 15.4. The number of nitrogens with zero attached hydrogens (tertiary/aromatic N) is 2. The first-order valence-electron chi connectivity index (χ1n) is 5.54. The van der Waals surface area contributed by atoms with Gasteiger partial charge in [-0.05, 0) is 34.1 Å². The van der Waals surface area contributed by atoms with E-state index >= 15 is 0 Å². The molecule has 0 unspecified atom stereocenters. The summed E-state index contributed by atoms with van der Waals surface area (Å²) in [5.74, 6) is -0.755. The van der Waals surface area contributed by atoms with Crippen molar-refractivity contribution in [1.82, 2.24) is 0 Å². The molecule has 0 saturated heterocycles. The second-order valence-electron chi connectivity index (χ2n) is 3.98. The van der Waals surface area contributed by atoms with Crippen LogP contribution in [0.25, 0.3) is 0 Å². The average Bonchev–Trinajstić information content (AvgIpc) is 2.43. The van der Waals surface area contributed by atoms with Crippen LogP contribution < -0.4 is 0 Å². The monoisotopic (exact) mass is 372 g/mol. The van der Waals surface area contributed by atoms with E-state index in [9.17, 15) is 19.6 Å². The number of phenols is 1. The van der Waals surface area contributed by atoms with Gasteiger partial charge in [0, 0.05) is 23.9 Å². The normalized spacial score (nSPS) is 11.0. The van der Waals surface area contributed by atoms with Gasteiger partial charge in [-0.15, -0.1) is 0 Å². The Hall–Kier alpha value is -1.99. The summed E-state index contributed by atoms with van der Waals surface area (Å²) in [7, 11) is 0. The number of aliphatic imine (C=N–C) groups is 1. The summed E-state index contributed by atoms with van der Waals surface area (Å²) in [5, 5.41) is 20.5. The lowest BCUT2D eigenvalue weighted by atomic mass is 10.2. The van der Waals surface area contributed by atoms with Gasteiger partial charge >= 0.3 is 0 Å². The quantitative estimate of drug-likeness (QED) is 0.485. The number of non-ortho nitro benzene ring substituents is 1. The predicted molar refractivity (Wildman–Crippen MR) is 81.1 cm³/mol. The third kappa shape index (κ3) is 3.56. The van der Waals surface area contributed by atoms with Crippen molar-refractivity contribution in [3.05, 3.63) is 61.3 Å². The van der Waals surface area contributed by atoms with Crippen LogP contribution in [0.4, 0.5) is 15.8 Å². The van der Waals surface area contributed by atoms with Crippen LogP contribution in [0.2, 0.25) is 5.02 Å². The van der Waals surface area contributed by atoms with Crippen molar-refractivity contribution < 1.29 is 14.4 Å². The fourth-order valence-corrected chi connectivity index (χ4v) is 2.16. The molecular formula is C13H7BrClFN2O3. The Morgan fingerprint density at radius 2 is 2.10 bits per heavy atom. The van der Waals surface area contributed by atoms with Crippen LogP contribution in [-0.4, -0.2) is 16.2 Å². The maximum absolute atomic E-state index is 13.0. The largest absolute Gasteiger partial charge is 0.506 e. The van der Waals surface area contributed by atoms with Crippen LogP contribution in [-0.2, 0) is 0 Å². The molecule has 0 spiro atoms. The van der Waals surface area contributed by atoms with Crippen molar-refractivity contribution in [2.75, 3.05) is 0 Å². The van der Waals surface area contributed by atoms with Crippen molar-refractivity contribution in [1.29, 1.82) is 0 Å². The number of hydrogen-bond acceptors (Lipinski definition) is 4. The first-order chi connectivity index (χ1) is 9.88. The Morgan fingerprint density at radius 1 is 1.38 bits per heavy atom. The zero-order chi connectivity index (χ0) is 15.6. The lowest BCUT2D eigenvalue weighted by molar-refractivity contribution is -0.385. The van der Waals surface area contributed by atoms with Crippen LogP contribution in [0.5, 0.6) is 5.75 Å². The molecule has 0 aliphatic rings. The molecule has 21 heavy (non-hydrogen) atoms. The summed E-state index contributed by atoms with van der Waals surface area (Å²) in [6, 6.07) is 6.20. The summed E-state index contributed by atoms with van der Waals surface area (Å²) >= 11 is 8.65. The van der Waals surface area contributed by atoms with Crippen molar-refractivity contribution in [2.45, 2.75) is 0 Å². The molecule has 1 N–H and O–H groups in total. The van der Waals surface area contributed by atoms with Crippen LogP contribution in [0.15, 0.2) is 39.8 Å². The van der Waals surface area contributed by atoms with Gasteiger partial charge in [0.05, 0.1) is 20.1 Å². The van der Waals surface area contributed by atoms with E-state index < -0.39 is 10.7 Å². The van der Waals surface area contributed by atoms with Gasteiger partial charge in [-0.1, -0.05) is 11.6 Å². The highest BCUT2D eigenvalue weighted by atomic mass is 79.9. The zero-order valence-electron chi connectivity index (χ0n) is 10.3. The summed E-state index contributed by atoms with van der Waals surface area (Å²) in [5.41, 5.74) is 0.304. The summed E-state index contributed by atoms with van der Waals surface area (Å²) in [6.45, 7) is 0. The molecule has 0 atom stereocenters. The molecule has 2 aromatic rings. The van der Waals surface area contributed by atoms with Gasteiger partial charge in [-0.2, -0.15) is 0 Å². The van der Waals surface area contributed by atoms with E-state index in [0.29, 0.717) is 5.69 Å². The molecule has 0 aliphatic heterocycles. The van der Waals surface area contributed by atoms with E-state index in [-0.39, 0.29) is 26.5 Å². The predicted octanol–water partition coefficient (Wildman–Crippen LogP) is 4.61. The summed E-state index contributed by atoms with van der Waals surface area (Å²) in [4.78, 5) is 14.2. The minimum atomic E-state index is -0.587. The third-order valence-electron chi connectivity index (χ3n) is 2.54. The Kier molecular flexibility index (Phi) is 4.54. The number of nitro benzene ring substituents is 1. The minimum Gasteiger partial charge on any atom is -0.506 e. The molecule has 0 aliphatic carbocycles. The standard InChI is InChI=1S/C13H7BrClFN2O3/c14-10-5-9(18(20)21)3-7(13(10)19)6-17-8-1-2-12(16)11(15)4-8/h1-6,19H. The molecule has 8 heteroatoms. The summed E-state index contributed by atoms with van der Waals surface area (Å²) < 4.78 is 13.2. The van der Waals surface area contributed by atoms with Crippen molar-refractivity contribution >= 4 is 45.1 Å². The molecule has 0 radical (unpaired) electrons. The number of aromatic hydroxyl groups is 1. The van der Waals surface area contributed by atoms with Crippen LogP contribution in [0.3, 0.4) is 0 Å². The molecule has 108 valence electrons. The molecule has 5 nitrogen and oxygen atoms in total. The first-order valence-corrected chi connectivity index (χ1v) is 6.71. The van der Waals surface area contributed by atoms with Gasteiger partial charge in [0.1, 0.15) is 11.6 Å². The van der Waals surface area contributed by atoms with Crippen molar-refractivity contribution in [3.8, 4) is 5.75 Å². The second kappa shape index (κ2) is 6.19. The number of hydrogen-bond donors (Lipinski definition) is 1. The van der Waals surface area contributed by atoms with E-state index in [0.717, 1.165) is 6.07 Å². The van der Waals surface area contributed by atoms with E-state index in [1.807, 2.05) is 0 Å². The van der Waals surface area contributed by atoms with Gasteiger partial charge in [0.2, 0.25) is 0 Å². The van der Waals surface area contributed by atoms with Gasteiger partial charge < -0.3 is 5.11 Å². The van der Waals surface area contributed by atoms with Gasteiger partial charge in [0.25, 0.3) is 5.69 Å². The highest BCUT2D eigenvalue weighted by molar-refractivity contribution is 9.10. The number of halogens is 3. The van der Waals surface area contributed by atoms with Crippen molar-refractivity contribution in [3.63, 3.8) is 0 Å². The molecule has 0 aromatic heterocycles. The lowest BCUT2D eigenvalue weighted by Crippen LogP contribution is -1.91. The Morgan fingerprint density at radius 3 is 2.71 bits per heavy atom. The van der Waals surface area contributed by atoms with Crippen LogP contribution >= 0.6 is 27.5 Å². The SMILES string of the molecule is O=[N+]([O-])c1cc(Br)c(O)c(C=Nc2ccc(F)c(Cl)c2)c1. The Labute approximate surface area is 132 Å². The van der Waals surface area contributed by atoms with E-state index in [1.54, 1.807) is 0 Å². The number of benzene rings is 2. The highest BCUT2D eigenvalue weighted by Gasteiger charge is 2.13. The summed E-state index contributed by atoms with van der Waals surface area (Å²) in [6.07, 6.45) is 1.23. The van der Waals surface area contributed by atoms with E-state index in [1.165, 1.54) is 30.5 Å². The zero-order valence-corrected chi connectivity index (χ0v) is 12.6. The molecule has 2 aromatic carbocycles. The fourth-order valence-electron chi connectivity index (χ4n) is 1.52. The molecule has 0 bridgehead atoms. The third-order valence-corrected chi connectivity index (χ3v) is 3.44. The number of nitro groups is 1. The maximum Gasteiger partial charge on any atom is 0.271 e. The second-order valence-corrected chi connectivity index (χ2v) is 5.24. The van der Waals surface area contributed by atoms with Gasteiger partial charge in [-0.25, -0.2) is 4.39 Å². The Balaban J connectivity index is 2.40. The highest BCUT2D eigenvalue weighted by Crippen LogP contribution is 2.32. The van der Waals surface area contributed by atoms with Gasteiger partial charge in [-0.3, -0.25) is 15.1 Å². The molecule has 2 rings (SSSR count). The number of phenolic OH excluding ortho intramolecular Hbond substituents is 1. The molecule has 0 saturated carbocycles. The molecule has 0 heterocycles. The number of rotatable bonds is 3. The lowest BCUT2D eigenvalue weighted by Gasteiger charge is -2.02. The molecule has 0 fully saturated rings. The maximum atomic E-state index is 13.0. The van der Waals surface area contributed by atoms with Crippen molar-refractivity contribution in [2.24, 2.45) is 4.99 Å². The minimum absolute atomic E-state index is 0.0888. The van der Waals surface area contributed by atoms with Crippen LogP contribution in [0.1, 0.15) is 5.56 Å². The van der Waals surface area contributed by atoms with Gasteiger partial charge in [0.15, 0.2) is 0 Å². The average molecular weight is 374 g/mol. The van der Waals surface area contributed by atoms with Crippen LogP contribution in [0, 0.1) is 15.9 Å². The Bertz CT molecular complexity index is 752. The fraction of sp³-hybridized carbons (Fsp3) is 0. The molecular weight excluding hydrogens is 367 g/mol.